The quantitative estimate of drug-likeness (QED) is 0.531. The molecule has 0 saturated carbocycles. The molecule has 0 atom stereocenters. The van der Waals surface area contributed by atoms with E-state index in [1.54, 1.807) is 16.8 Å². The lowest BCUT2D eigenvalue weighted by Crippen LogP contribution is -2.42. The number of hydrogen-bond donors (Lipinski definition) is 2. The van der Waals surface area contributed by atoms with Crippen LogP contribution in [0.2, 0.25) is 0 Å². The van der Waals surface area contributed by atoms with Gasteiger partial charge < -0.3 is 10.5 Å². The van der Waals surface area contributed by atoms with Crippen LogP contribution in [0.4, 0.5) is 11.5 Å². The van der Waals surface area contributed by atoms with Crippen LogP contribution in [-0.4, -0.2) is 50.5 Å². The number of aromatic nitrogens is 5. The lowest BCUT2D eigenvalue weighted by molar-refractivity contribution is 0.0975. The Balaban J connectivity index is 2.03. The van der Waals surface area contributed by atoms with Gasteiger partial charge in [-0.15, -0.1) is 0 Å². The predicted octanol–water partition coefficient (Wildman–Crippen LogP) is 1.02. The number of ether oxygens (including phenoxy) is 1. The van der Waals surface area contributed by atoms with Gasteiger partial charge in [0.1, 0.15) is 5.82 Å². The predicted molar refractivity (Wildman–Crippen MR) is 120 cm³/mol. The Kier molecular flexibility index (Phi) is 6.89. The number of carbonyl (C=O) groups is 1. The van der Waals surface area contributed by atoms with E-state index in [9.17, 15) is 14.4 Å². The van der Waals surface area contributed by atoms with E-state index in [0.717, 1.165) is 11.4 Å². The van der Waals surface area contributed by atoms with E-state index in [-0.39, 0.29) is 30.2 Å². The number of hydrogen-bond acceptors (Lipinski definition) is 7. The van der Waals surface area contributed by atoms with Crippen molar-refractivity contribution in [2.24, 2.45) is 0 Å². The number of nitrogens with zero attached hydrogens (tertiary/aromatic N) is 5. The maximum Gasteiger partial charge on any atom is 0.330 e. The molecule has 3 N–H and O–H groups in total. The summed E-state index contributed by atoms with van der Waals surface area (Å²) in [6.45, 7) is 6.20. The van der Waals surface area contributed by atoms with Crippen LogP contribution in [0.3, 0.4) is 0 Å². The Morgan fingerprint density at radius 3 is 2.59 bits per heavy atom. The second-order valence-corrected chi connectivity index (χ2v) is 7.34. The Morgan fingerprint density at radius 1 is 1.28 bits per heavy atom. The first-order valence-electron chi connectivity index (χ1n) is 10.2. The molecule has 0 radical (unpaired) electrons. The molecule has 3 rings (SSSR count). The fourth-order valence-electron chi connectivity index (χ4n) is 3.44. The van der Waals surface area contributed by atoms with Crippen LogP contribution in [0.1, 0.15) is 35.1 Å². The average molecular weight is 441 g/mol. The van der Waals surface area contributed by atoms with Crippen LogP contribution < -0.4 is 21.9 Å². The molecular weight excluding hydrogens is 414 g/mol. The van der Waals surface area contributed by atoms with Crippen molar-refractivity contribution in [3.8, 4) is 5.82 Å². The Morgan fingerprint density at radius 2 is 2.03 bits per heavy atom. The Bertz CT molecular complexity index is 1220. The van der Waals surface area contributed by atoms with Crippen molar-refractivity contribution in [2.45, 2.75) is 33.7 Å². The number of amides is 1. The highest BCUT2D eigenvalue weighted by molar-refractivity contribution is 6.07. The minimum absolute atomic E-state index is 0.0617. The van der Waals surface area contributed by atoms with Crippen LogP contribution in [0.15, 0.2) is 34.0 Å². The third-order valence-corrected chi connectivity index (χ3v) is 4.92. The van der Waals surface area contributed by atoms with Crippen LogP contribution in [0, 0.1) is 13.8 Å². The van der Waals surface area contributed by atoms with Crippen molar-refractivity contribution in [2.75, 3.05) is 30.9 Å². The van der Waals surface area contributed by atoms with Gasteiger partial charge in [0, 0.05) is 32.1 Å². The molecule has 0 saturated heterocycles. The summed E-state index contributed by atoms with van der Waals surface area (Å²) in [5.74, 6) is -0.00455. The smallest absolute Gasteiger partial charge is 0.330 e. The fourth-order valence-corrected chi connectivity index (χ4v) is 3.44. The van der Waals surface area contributed by atoms with Gasteiger partial charge in [0.05, 0.1) is 17.9 Å². The van der Waals surface area contributed by atoms with E-state index >= 15 is 0 Å². The molecule has 0 bridgehead atoms. The molecule has 0 aromatic carbocycles. The van der Waals surface area contributed by atoms with Gasteiger partial charge in [-0.2, -0.15) is 5.10 Å². The van der Waals surface area contributed by atoms with Gasteiger partial charge in [-0.1, -0.05) is 6.92 Å². The minimum atomic E-state index is -0.739. The number of nitrogen functional groups attached to an aromatic ring is 1. The van der Waals surface area contributed by atoms with Gasteiger partial charge in [0.25, 0.3) is 11.5 Å². The summed E-state index contributed by atoms with van der Waals surface area (Å²) in [6.07, 6.45) is 2.04. The highest BCUT2D eigenvalue weighted by atomic mass is 16.5. The molecule has 0 unspecified atom stereocenters. The fraction of sp³-hybridized carbons (Fsp3) is 0.381. The number of methoxy groups -OCH3 is 1. The van der Waals surface area contributed by atoms with E-state index < -0.39 is 17.2 Å². The molecule has 1 amide bonds. The lowest BCUT2D eigenvalue weighted by Gasteiger charge is -2.24. The zero-order valence-electron chi connectivity index (χ0n) is 18.6. The third-order valence-electron chi connectivity index (χ3n) is 4.92. The first kappa shape index (κ1) is 22.9. The van der Waals surface area contributed by atoms with Gasteiger partial charge in [0.2, 0.25) is 0 Å². The van der Waals surface area contributed by atoms with Crippen molar-refractivity contribution in [3.63, 3.8) is 0 Å². The number of pyridine rings is 1. The molecule has 0 fully saturated rings. The molecule has 32 heavy (non-hydrogen) atoms. The zero-order valence-corrected chi connectivity index (χ0v) is 18.6. The summed E-state index contributed by atoms with van der Waals surface area (Å²) >= 11 is 0. The molecule has 11 heteroatoms. The Labute approximate surface area is 184 Å². The normalized spacial score (nSPS) is 11.0. The zero-order chi connectivity index (χ0) is 23.4. The molecule has 3 heterocycles. The van der Waals surface area contributed by atoms with Crippen molar-refractivity contribution in [1.29, 1.82) is 0 Å². The largest absolute Gasteiger partial charge is 0.383 e. The van der Waals surface area contributed by atoms with E-state index in [1.807, 2.05) is 26.8 Å². The summed E-state index contributed by atoms with van der Waals surface area (Å²) in [6, 6.07) is 5.20. The van der Waals surface area contributed by atoms with E-state index in [0.29, 0.717) is 18.8 Å². The highest BCUT2D eigenvalue weighted by Crippen LogP contribution is 2.20. The van der Waals surface area contributed by atoms with E-state index in [4.69, 9.17) is 10.5 Å². The van der Waals surface area contributed by atoms with Gasteiger partial charge in [-0.25, -0.2) is 14.5 Å². The summed E-state index contributed by atoms with van der Waals surface area (Å²) in [5, 5.41) is 4.38. The lowest BCUT2D eigenvalue weighted by atomic mass is 10.2. The molecule has 0 aliphatic rings. The number of aromatic amines is 1. The summed E-state index contributed by atoms with van der Waals surface area (Å²) in [5.41, 5.74) is 6.72. The van der Waals surface area contributed by atoms with E-state index in [1.165, 1.54) is 22.8 Å². The van der Waals surface area contributed by atoms with Crippen LogP contribution in [-0.2, 0) is 11.3 Å². The summed E-state index contributed by atoms with van der Waals surface area (Å²) in [7, 11) is 1.49. The molecule has 0 spiro atoms. The van der Waals surface area contributed by atoms with E-state index in [2.05, 4.69) is 15.1 Å². The maximum atomic E-state index is 13.3. The van der Waals surface area contributed by atoms with Crippen molar-refractivity contribution >= 4 is 17.4 Å². The second-order valence-electron chi connectivity index (χ2n) is 7.34. The van der Waals surface area contributed by atoms with Crippen molar-refractivity contribution in [1.82, 2.24) is 24.3 Å². The topological polar surface area (TPSA) is 141 Å². The van der Waals surface area contributed by atoms with Gasteiger partial charge >= 0.3 is 5.69 Å². The molecular formula is C21H27N7O4. The number of anilines is 2. The molecule has 11 nitrogen and oxygen atoms in total. The average Bonchev–Trinajstić information content (AvgIpc) is 3.10. The number of carbonyl (C=O) groups excluding carboxylic acids is 1. The van der Waals surface area contributed by atoms with Crippen LogP contribution >= 0.6 is 0 Å². The number of aryl methyl sites for hydroxylation is 2. The van der Waals surface area contributed by atoms with Gasteiger partial charge in [0.15, 0.2) is 11.5 Å². The SMILES string of the molecule is CCCn1c(N)c(N(CCOC)C(=O)c2ccc(-n3nc(C)cc3C)nc2)c(=O)[nH]c1=O. The number of nitrogens with two attached hydrogens (primary N) is 1. The third kappa shape index (κ3) is 4.47. The van der Waals surface area contributed by atoms with Crippen LogP contribution in [0.5, 0.6) is 0 Å². The number of rotatable bonds is 8. The summed E-state index contributed by atoms with van der Waals surface area (Å²) < 4.78 is 8.03. The Hall–Kier alpha value is -3.73. The highest BCUT2D eigenvalue weighted by Gasteiger charge is 2.25. The molecule has 3 aromatic heterocycles. The molecule has 3 aromatic rings. The number of H-pyrrole nitrogens is 1. The second kappa shape index (κ2) is 9.60. The monoisotopic (exact) mass is 441 g/mol. The van der Waals surface area contributed by atoms with Crippen LogP contribution in [0.25, 0.3) is 5.82 Å². The first-order valence-corrected chi connectivity index (χ1v) is 10.2. The van der Waals surface area contributed by atoms with Gasteiger partial charge in [-0.05, 0) is 38.5 Å². The maximum absolute atomic E-state index is 13.3. The molecule has 0 aliphatic heterocycles. The van der Waals surface area contributed by atoms with Crippen molar-refractivity contribution in [3.05, 3.63) is 62.2 Å². The first-order chi connectivity index (χ1) is 15.3. The van der Waals surface area contributed by atoms with Crippen molar-refractivity contribution < 1.29 is 9.53 Å². The minimum Gasteiger partial charge on any atom is -0.383 e. The molecule has 170 valence electrons. The summed E-state index contributed by atoms with van der Waals surface area (Å²) in [4.78, 5) is 45.9. The standard InChI is InChI=1S/C21H27N7O4/c1-5-8-27-18(22)17(19(29)24-21(27)31)26(9-10-32-4)20(30)15-6-7-16(23-12-15)28-14(3)11-13(2)25-28/h6-7,11-12H,5,8-10,22H2,1-4H3,(H,24,29,31). The van der Waals surface area contributed by atoms with Gasteiger partial charge in [-0.3, -0.25) is 24.0 Å². The number of nitrogens with one attached hydrogen (secondary N) is 1. The molecule has 0 aliphatic carbocycles.